The molecule has 0 aromatic heterocycles. The Balaban J connectivity index is 2.09. The Kier molecular flexibility index (Phi) is 4.90. The molecule has 6 nitrogen and oxygen atoms in total. The molecule has 1 amide bonds. The summed E-state index contributed by atoms with van der Waals surface area (Å²) in [6.07, 6.45) is 2.90. The van der Waals surface area contributed by atoms with Crippen molar-refractivity contribution in [2.45, 2.75) is 52.0 Å². The molecule has 0 aliphatic carbocycles. The van der Waals surface area contributed by atoms with Crippen molar-refractivity contribution in [3.8, 4) is 0 Å². The SMILES string of the molecule is CCCS(=O)(=O)N1CCC2(CC1)CN(C(C)=O)[C@](C)(CO)C2. The number of rotatable bonds is 4. The minimum absolute atomic E-state index is 0.0190. The van der Waals surface area contributed by atoms with Crippen molar-refractivity contribution in [2.24, 2.45) is 5.41 Å². The third-order valence-electron chi connectivity index (χ3n) is 5.26. The third kappa shape index (κ3) is 3.16. The first-order valence-electron chi connectivity index (χ1n) is 8.05. The molecule has 1 spiro atoms. The van der Waals surface area contributed by atoms with Gasteiger partial charge in [-0.15, -0.1) is 0 Å². The Morgan fingerprint density at radius 3 is 2.27 bits per heavy atom. The van der Waals surface area contributed by atoms with E-state index in [1.807, 2.05) is 13.8 Å². The highest BCUT2D eigenvalue weighted by atomic mass is 32.2. The Labute approximate surface area is 133 Å². The molecule has 2 aliphatic rings. The molecule has 2 rings (SSSR count). The summed E-state index contributed by atoms with van der Waals surface area (Å²) >= 11 is 0. The van der Waals surface area contributed by atoms with Crippen LogP contribution in [0.2, 0.25) is 0 Å². The summed E-state index contributed by atoms with van der Waals surface area (Å²) in [5.41, 5.74) is -0.572. The van der Waals surface area contributed by atoms with Crippen LogP contribution < -0.4 is 0 Å². The first-order chi connectivity index (χ1) is 10.2. The zero-order valence-electron chi connectivity index (χ0n) is 13.8. The summed E-state index contributed by atoms with van der Waals surface area (Å²) in [6, 6.07) is 0. The summed E-state index contributed by atoms with van der Waals surface area (Å²) < 4.78 is 25.9. The van der Waals surface area contributed by atoms with Crippen molar-refractivity contribution in [1.29, 1.82) is 0 Å². The van der Waals surface area contributed by atoms with Gasteiger partial charge >= 0.3 is 0 Å². The monoisotopic (exact) mass is 332 g/mol. The van der Waals surface area contributed by atoms with E-state index < -0.39 is 15.6 Å². The van der Waals surface area contributed by atoms with Crippen molar-refractivity contribution in [3.05, 3.63) is 0 Å². The topological polar surface area (TPSA) is 77.9 Å². The first-order valence-corrected chi connectivity index (χ1v) is 9.66. The van der Waals surface area contributed by atoms with Crippen LogP contribution in [0.15, 0.2) is 0 Å². The lowest BCUT2D eigenvalue weighted by Crippen LogP contribution is -2.46. The highest BCUT2D eigenvalue weighted by Gasteiger charge is 2.52. The summed E-state index contributed by atoms with van der Waals surface area (Å²) in [6.45, 7) is 6.95. The van der Waals surface area contributed by atoms with Crippen LogP contribution in [0.4, 0.5) is 0 Å². The molecule has 2 fully saturated rings. The number of sulfonamides is 1. The van der Waals surface area contributed by atoms with Crippen LogP contribution in [0.25, 0.3) is 0 Å². The van der Waals surface area contributed by atoms with Crippen molar-refractivity contribution in [3.63, 3.8) is 0 Å². The average Bonchev–Trinajstić information content (AvgIpc) is 2.73. The van der Waals surface area contributed by atoms with E-state index >= 15 is 0 Å². The summed E-state index contributed by atoms with van der Waals surface area (Å²) in [5.74, 6) is 0.183. The Morgan fingerprint density at radius 1 is 1.27 bits per heavy atom. The number of hydrogen-bond acceptors (Lipinski definition) is 4. The molecule has 0 unspecified atom stereocenters. The van der Waals surface area contributed by atoms with E-state index in [0.717, 1.165) is 19.3 Å². The van der Waals surface area contributed by atoms with Crippen molar-refractivity contribution < 1.29 is 18.3 Å². The van der Waals surface area contributed by atoms with Gasteiger partial charge in [0.25, 0.3) is 0 Å². The number of likely N-dealkylation sites (tertiary alicyclic amines) is 1. The van der Waals surface area contributed by atoms with E-state index in [9.17, 15) is 18.3 Å². The molecule has 2 heterocycles. The summed E-state index contributed by atoms with van der Waals surface area (Å²) in [5, 5.41) is 9.71. The minimum Gasteiger partial charge on any atom is -0.394 e. The molecule has 1 atom stereocenters. The van der Waals surface area contributed by atoms with Crippen LogP contribution in [0.5, 0.6) is 0 Å². The van der Waals surface area contributed by atoms with Gasteiger partial charge in [0.05, 0.1) is 17.9 Å². The fourth-order valence-corrected chi connectivity index (χ4v) is 5.59. The van der Waals surface area contributed by atoms with Gasteiger partial charge in [-0.1, -0.05) is 6.92 Å². The third-order valence-corrected chi connectivity index (χ3v) is 7.34. The first kappa shape index (κ1) is 17.7. The smallest absolute Gasteiger partial charge is 0.219 e. The zero-order valence-corrected chi connectivity index (χ0v) is 14.7. The number of aliphatic hydroxyl groups is 1. The number of amides is 1. The van der Waals surface area contributed by atoms with Crippen molar-refractivity contribution in [1.82, 2.24) is 9.21 Å². The Morgan fingerprint density at radius 2 is 1.86 bits per heavy atom. The van der Waals surface area contributed by atoms with Crippen LogP contribution >= 0.6 is 0 Å². The molecule has 22 heavy (non-hydrogen) atoms. The van der Waals surface area contributed by atoms with Crippen LogP contribution in [0.1, 0.15) is 46.5 Å². The van der Waals surface area contributed by atoms with Gasteiger partial charge in [-0.05, 0) is 38.0 Å². The molecule has 0 bridgehead atoms. The average molecular weight is 332 g/mol. The zero-order chi connectivity index (χ0) is 16.6. The van der Waals surface area contributed by atoms with Gasteiger partial charge in [0, 0.05) is 26.6 Å². The molecule has 0 aromatic rings. The molecule has 1 N–H and O–H groups in total. The Bertz CT molecular complexity index is 526. The minimum atomic E-state index is -3.14. The number of carbonyl (C=O) groups excluding carboxylic acids is 1. The van der Waals surface area contributed by atoms with Gasteiger partial charge in [0.2, 0.25) is 15.9 Å². The summed E-state index contributed by atoms with van der Waals surface area (Å²) in [4.78, 5) is 13.6. The lowest BCUT2D eigenvalue weighted by atomic mass is 9.75. The molecule has 0 radical (unpaired) electrons. The largest absolute Gasteiger partial charge is 0.394 e. The maximum absolute atomic E-state index is 12.2. The predicted octanol–water partition coefficient (Wildman–Crippen LogP) is 0.812. The molecular formula is C15H28N2O4S. The van der Waals surface area contributed by atoms with Gasteiger partial charge in [-0.2, -0.15) is 0 Å². The van der Waals surface area contributed by atoms with Crippen molar-refractivity contribution in [2.75, 3.05) is 32.0 Å². The molecule has 7 heteroatoms. The van der Waals surface area contributed by atoms with Crippen LogP contribution in [0, 0.1) is 5.41 Å². The van der Waals surface area contributed by atoms with Crippen molar-refractivity contribution >= 4 is 15.9 Å². The Hall–Kier alpha value is -0.660. The predicted molar refractivity (Wildman–Crippen MR) is 84.8 cm³/mol. The fraction of sp³-hybridized carbons (Fsp3) is 0.933. The molecule has 2 saturated heterocycles. The molecule has 128 valence electrons. The molecule has 0 saturated carbocycles. The number of nitrogens with zero attached hydrogens (tertiary/aromatic N) is 2. The number of piperidine rings is 1. The van der Waals surface area contributed by atoms with E-state index in [-0.39, 0.29) is 23.7 Å². The van der Waals surface area contributed by atoms with Gasteiger partial charge in [0.1, 0.15) is 0 Å². The lowest BCUT2D eigenvalue weighted by molar-refractivity contribution is -0.134. The standard InChI is InChI=1S/C15H28N2O4S/c1-4-9-22(20,21)16-7-5-15(6-8-16)10-14(3,12-18)17(11-15)13(2)19/h18H,4-12H2,1-3H3/t14-/m0/s1. The van der Waals surface area contributed by atoms with E-state index in [2.05, 4.69) is 0 Å². The van der Waals surface area contributed by atoms with Crippen LogP contribution in [-0.4, -0.2) is 66.2 Å². The normalized spacial score (nSPS) is 29.2. The van der Waals surface area contributed by atoms with Gasteiger partial charge in [-0.25, -0.2) is 12.7 Å². The highest BCUT2D eigenvalue weighted by Crippen LogP contribution is 2.48. The molecule has 0 aromatic carbocycles. The maximum atomic E-state index is 12.2. The summed E-state index contributed by atoms with van der Waals surface area (Å²) in [7, 11) is -3.14. The number of carbonyl (C=O) groups is 1. The highest BCUT2D eigenvalue weighted by molar-refractivity contribution is 7.89. The van der Waals surface area contributed by atoms with Crippen LogP contribution in [-0.2, 0) is 14.8 Å². The molecule has 2 aliphatic heterocycles. The van der Waals surface area contributed by atoms with Crippen LogP contribution in [0.3, 0.4) is 0 Å². The second kappa shape index (κ2) is 6.09. The van der Waals surface area contributed by atoms with Gasteiger partial charge in [0.15, 0.2) is 0 Å². The van der Waals surface area contributed by atoms with E-state index in [0.29, 0.717) is 26.1 Å². The number of hydrogen-bond donors (Lipinski definition) is 1. The lowest BCUT2D eigenvalue weighted by Gasteiger charge is -2.38. The van der Waals surface area contributed by atoms with E-state index in [1.165, 1.54) is 6.92 Å². The second-order valence-electron chi connectivity index (χ2n) is 7.15. The van der Waals surface area contributed by atoms with E-state index in [4.69, 9.17) is 0 Å². The fourth-order valence-electron chi connectivity index (χ4n) is 4.08. The van der Waals surface area contributed by atoms with E-state index in [1.54, 1.807) is 9.21 Å². The second-order valence-corrected chi connectivity index (χ2v) is 9.24. The van der Waals surface area contributed by atoms with Gasteiger partial charge < -0.3 is 10.0 Å². The molecular weight excluding hydrogens is 304 g/mol. The maximum Gasteiger partial charge on any atom is 0.219 e. The number of aliphatic hydroxyl groups excluding tert-OH is 1. The van der Waals surface area contributed by atoms with Gasteiger partial charge in [-0.3, -0.25) is 4.79 Å². The quantitative estimate of drug-likeness (QED) is 0.826.